The Hall–Kier alpha value is -4.11. The van der Waals surface area contributed by atoms with Crippen LogP contribution in [0.3, 0.4) is 0 Å². The number of hydrogen-bond acceptors (Lipinski definition) is 7. The average Bonchev–Trinajstić information content (AvgIpc) is 3.31. The number of aromatic nitrogens is 3. The Morgan fingerprint density at radius 2 is 1.74 bits per heavy atom. The molecule has 0 aliphatic rings. The summed E-state index contributed by atoms with van der Waals surface area (Å²) in [5.41, 5.74) is 2.58. The van der Waals surface area contributed by atoms with Gasteiger partial charge < -0.3 is 14.8 Å². The maximum Gasteiger partial charge on any atom is 0.337 e. The number of esters is 1. The van der Waals surface area contributed by atoms with Gasteiger partial charge in [0.2, 0.25) is 5.91 Å². The molecule has 1 N–H and O–H groups in total. The molecule has 1 aromatic heterocycles. The molecule has 0 saturated heterocycles. The van der Waals surface area contributed by atoms with Gasteiger partial charge in [-0.1, -0.05) is 48.2 Å². The van der Waals surface area contributed by atoms with Gasteiger partial charge in [-0.05, 0) is 42.5 Å². The molecule has 3 aromatic carbocycles. The first kappa shape index (κ1) is 23.1. The van der Waals surface area contributed by atoms with E-state index in [-0.39, 0.29) is 11.7 Å². The maximum absolute atomic E-state index is 12.6. The number of methoxy groups -OCH3 is 2. The van der Waals surface area contributed by atoms with E-state index in [1.807, 2.05) is 59.2 Å². The second kappa shape index (κ2) is 10.7. The third kappa shape index (κ3) is 5.26. The van der Waals surface area contributed by atoms with Crippen LogP contribution in [0.5, 0.6) is 5.75 Å². The number of amides is 1. The molecule has 8 nitrogen and oxygen atoms in total. The van der Waals surface area contributed by atoms with Crippen LogP contribution in [-0.4, -0.2) is 46.6 Å². The second-order valence-electron chi connectivity index (χ2n) is 7.12. The molecule has 0 aliphatic heterocycles. The van der Waals surface area contributed by atoms with E-state index in [0.717, 1.165) is 11.3 Å². The second-order valence-corrected chi connectivity index (χ2v) is 8.06. The summed E-state index contributed by atoms with van der Waals surface area (Å²) in [6.45, 7) is 0. The Bertz CT molecular complexity index is 1310. The van der Waals surface area contributed by atoms with Crippen LogP contribution < -0.4 is 10.1 Å². The molecule has 0 radical (unpaired) electrons. The van der Waals surface area contributed by atoms with Crippen LogP contribution in [0.2, 0.25) is 0 Å². The SMILES string of the molecule is COC(=O)c1cccc(NC(=O)CSc2nnc(-c3cccc(OC)c3)n2-c2ccccc2)c1. The molecule has 1 amide bonds. The zero-order chi connectivity index (χ0) is 23.9. The van der Waals surface area contributed by atoms with Gasteiger partial charge in [0.05, 0.1) is 25.5 Å². The maximum atomic E-state index is 12.6. The molecule has 4 aromatic rings. The van der Waals surface area contributed by atoms with E-state index in [2.05, 4.69) is 15.5 Å². The van der Waals surface area contributed by atoms with Crippen molar-refractivity contribution in [2.45, 2.75) is 5.16 Å². The van der Waals surface area contributed by atoms with E-state index in [9.17, 15) is 9.59 Å². The van der Waals surface area contributed by atoms with Crippen LogP contribution in [0.1, 0.15) is 10.4 Å². The molecule has 0 unspecified atom stereocenters. The lowest BCUT2D eigenvalue weighted by atomic mass is 10.2. The number of anilines is 1. The van der Waals surface area contributed by atoms with E-state index in [0.29, 0.717) is 28.0 Å². The molecule has 0 atom stereocenters. The minimum Gasteiger partial charge on any atom is -0.497 e. The van der Waals surface area contributed by atoms with Gasteiger partial charge in [-0.15, -0.1) is 10.2 Å². The zero-order valence-electron chi connectivity index (χ0n) is 18.6. The number of thioether (sulfide) groups is 1. The molecule has 34 heavy (non-hydrogen) atoms. The van der Waals surface area contributed by atoms with Crippen molar-refractivity contribution in [2.24, 2.45) is 0 Å². The summed E-state index contributed by atoms with van der Waals surface area (Å²) in [6, 6.07) is 23.9. The van der Waals surface area contributed by atoms with Crippen molar-refractivity contribution < 1.29 is 19.1 Å². The molecular formula is C25H22N4O4S. The zero-order valence-corrected chi connectivity index (χ0v) is 19.4. The number of carbonyl (C=O) groups excluding carboxylic acids is 2. The largest absolute Gasteiger partial charge is 0.497 e. The number of nitrogens with one attached hydrogen (secondary N) is 1. The van der Waals surface area contributed by atoms with Crippen LogP contribution in [0.15, 0.2) is 84.0 Å². The molecule has 0 aliphatic carbocycles. The third-order valence-corrected chi connectivity index (χ3v) is 5.80. The Morgan fingerprint density at radius 1 is 0.941 bits per heavy atom. The lowest BCUT2D eigenvalue weighted by Gasteiger charge is -2.11. The van der Waals surface area contributed by atoms with Gasteiger partial charge in [0, 0.05) is 16.9 Å². The number of ether oxygens (including phenoxy) is 2. The van der Waals surface area contributed by atoms with Gasteiger partial charge in [0.15, 0.2) is 11.0 Å². The number of benzene rings is 3. The molecule has 4 rings (SSSR count). The summed E-state index contributed by atoms with van der Waals surface area (Å²) in [7, 11) is 2.93. The average molecular weight is 475 g/mol. The van der Waals surface area contributed by atoms with Gasteiger partial charge >= 0.3 is 5.97 Å². The molecule has 0 spiro atoms. The number of rotatable bonds is 8. The lowest BCUT2D eigenvalue weighted by Crippen LogP contribution is -2.15. The van der Waals surface area contributed by atoms with Gasteiger partial charge in [-0.25, -0.2) is 4.79 Å². The van der Waals surface area contributed by atoms with Crippen molar-refractivity contribution in [1.82, 2.24) is 14.8 Å². The first-order valence-electron chi connectivity index (χ1n) is 10.4. The van der Waals surface area contributed by atoms with Gasteiger partial charge in [-0.3, -0.25) is 9.36 Å². The summed E-state index contributed by atoms with van der Waals surface area (Å²) in [5, 5.41) is 12.1. The third-order valence-electron chi connectivity index (χ3n) is 4.88. The Balaban J connectivity index is 1.56. The van der Waals surface area contributed by atoms with Crippen LogP contribution in [0, 0.1) is 0 Å². The van der Waals surface area contributed by atoms with Crippen LogP contribution >= 0.6 is 11.8 Å². The highest BCUT2D eigenvalue weighted by Gasteiger charge is 2.18. The summed E-state index contributed by atoms with van der Waals surface area (Å²) in [4.78, 5) is 24.4. The van der Waals surface area contributed by atoms with Crippen molar-refractivity contribution in [3.63, 3.8) is 0 Å². The number of hydrogen-bond donors (Lipinski definition) is 1. The number of carbonyl (C=O) groups is 2. The number of para-hydroxylation sites is 1. The fourth-order valence-electron chi connectivity index (χ4n) is 3.29. The molecule has 0 fully saturated rings. The van der Waals surface area contributed by atoms with Gasteiger partial charge in [0.25, 0.3) is 0 Å². The monoisotopic (exact) mass is 474 g/mol. The van der Waals surface area contributed by atoms with Crippen molar-refractivity contribution >= 4 is 29.3 Å². The van der Waals surface area contributed by atoms with Crippen LogP contribution in [-0.2, 0) is 9.53 Å². The first-order valence-corrected chi connectivity index (χ1v) is 11.3. The smallest absolute Gasteiger partial charge is 0.337 e. The molecule has 0 saturated carbocycles. The highest BCUT2D eigenvalue weighted by atomic mass is 32.2. The molecule has 172 valence electrons. The highest BCUT2D eigenvalue weighted by molar-refractivity contribution is 7.99. The van der Waals surface area contributed by atoms with E-state index >= 15 is 0 Å². The van der Waals surface area contributed by atoms with Gasteiger partial charge in [0.1, 0.15) is 5.75 Å². The summed E-state index contributed by atoms with van der Waals surface area (Å²) in [6.07, 6.45) is 0. The topological polar surface area (TPSA) is 95.3 Å². The normalized spacial score (nSPS) is 10.5. The van der Waals surface area contributed by atoms with E-state index in [1.54, 1.807) is 31.4 Å². The predicted molar refractivity (Wildman–Crippen MR) is 130 cm³/mol. The highest BCUT2D eigenvalue weighted by Crippen LogP contribution is 2.29. The fraction of sp³-hybridized carbons (Fsp3) is 0.120. The van der Waals surface area contributed by atoms with Crippen molar-refractivity contribution in [3.05, 3.63) is 84.4 Å². The Labute approximate surface area is 200 Å². The number of nitrogens with zero attached hydrogens (tertiary/aromatic N) is 3. The Kier molecular flexibility index (Phi) is 7.24. The lowest BCUT2D eigenvalue weighted by molar-refractivity contribution is -0.113. The predicted octanol–water partition coefficient (Wildman–Crippen LogP) is 4.46. The van der Waals surface area contributed by atoms with Crippen molar-refractivity contribution in [2.75, 3.05) is 25.3 Å². The quantitative estimate of drug-likeness (QED) is 0.298. The summed E-state index contributed by atoms with van der Waals surface area (Å²) >= 11 is 1.26. The minimum atomic E-state index is -0.466. The summed E-state index contributed by atoms with van der Waals surface area (Å²) in [5.74, 6) is 0.747. The van der Waals surface area contributed by atoms with Crippen molar-refractivity contribution in [3.8, 4) is 22.8 Å². The molecule has 0 bridgehead atoms. The summed E-state index contributed by atoms with van der Waals surface area (Å²) < 4.78 is 12.0. The van der Waals surface area contributed by atoms with E-state index in [1.165, 1.54) is 18.9 Å². The standard InChI is InChI=1S/C25H22N4O4S/c1-32-21-13-7-8-17(15-21)23-27-28-25(29(23)20-11-4-3-5-12-20)34-16-22(30)26-19-10-6-9-18(14-19)24(31)33-2/h3-15H,16H2,1-2H3,(H,26,30). The van der Waals surface area contributed by atoms with Gasteiger partial charge in [-0.2, -0.15) is 0 Å². The van der Waals surface area contributed by atoms with E-state index < -0.39 is 5.97 Å². The fourth-order valence-corrected chi connectivity index (χ4v) is 4.04. The molecular weight excluding hydrogens is 452 g/mol. The minimum absolute atomic E-state index is 0.103. The molecule has 1 heterocycles. The van der Waals surface area contributed by atoms with E-state index in [4.69, 9.17) is 9.47 Å². The van der Waals surface area contributed by atoms with Crippen LogP contribution in [0.4, 0.5) is 5.69 Å². The first-order chi connectivity index (χ1) is 16.6. The Morgan fingerprint density at radius 3 is 2.50 bits per heavy atom. The van der Waals surface area contributed by atoms with Crippen LogP contribution in [0.25, 0.3) is 17.1 Å². The molecule has 9 heteroatoms. The van der Waals surface area contributed by atoms with Crippen molar-refractivity contribution in [1.29, 1.82) is 0 Å².